The molecule has 0 heterocycles. The average molecular weight is 455 g/mol. The van der Waals surface area contributed by atoms with Gasteiger partial charge >= 0.3 is 30.4 Å². The van der Waals surface area contributed by atoms with E-state index in [4.69, 9.17) is 8.85 Å². The van der Waals surface area contributed by atoms with Gasteiger partial charge in [0.05, 0.1) is 0 Å². The molecule has 0 fully saturated rings. The number of carbonyl (C=O) groups is 2. The van der Waals surface area contributed by atoms with E-state index < -0.39 is 52.8 Å². The smallest absolute Gasteiger partial charge is 0.460 e. The summed E-state index contributed by atoms with van der Waals surface area (Å²) in [6.07, 6.45) is -9.97. The zero-order chi connectivity index (χ0) is 22.6. The first-order chi connectivity index (χ1) is 12.4. The molecule has 0 aliphatic heterocycles. The van der Waals surface area contributed by atoms with Gasteiger partial charge in [0.25, 0.3) is 0 Å². The zero-order valence-electron chi connectivity index (χ0n) is 16.3. The predicted octanol–water partition coefficient (Wildman–Crippen LogP) is 4.50. The molecule has 28 heavy (non-hydrogen) atoms. The maximum atomic E-state index is 13.3. The van der Waals surface area contributed by atoms with Gasteiger partial charge in [0.1, 0.15) is 5.73 Å². The molecule has 0 saturated heterocycles. The number of carbonyl (C=O) groups excluding carboxylic acids is 2. The van der Waals surface area contributed by atoms with E-state index in [1.54, 1.807) is 6.92 Å². The molecule has 0 aromatic carbocycles. The third kappa shape index (κ3) is 7.95. The van der Waals surface area contributed by atoms with Gasteiger partial charge in [-0.05, 0) is 39.2 Å². The van der Waals surface area contributed by atoms with Gasteiger partial charge in [0.15, 0.2) is 8.32 Å². The molecule has 164 valence electrons. The van der Waals surface area contributed by atoms with Crippen molar-refractivity contribution in [2.24, 2.45) is 0 Å². The summed E-state index contributed by atoms with van der Waals surface area (Å²) >= 11 is 0. The van der Waals surface area contributed by atoms with Crippen LogP contribution in [-0.2, 0) is 23.2 Å². The van der Waals surface area contributed by atoms with Crippen molar-refractivity contribution < 1.29 is 49.5 Å². The summed E-state index contributed by atoms with van der Waals surface area (Å²) in [5.74, 6) is -8.72. The third-order valence-corrected chi connectivity index (χ3v) is 9.88. The minimum Gasteiger partial charge on any atom is -0.460 e. The Morgan fingerprint density at radius 2 is 1.43 bits per heavy atom. The molecule has 0 radical (unpaired) electrons. The first-order valence-electron chi connectivity index (χ1n) is 8.21. The molecular formula is C15H24F6O5Si2. The van der Waals surface area contributed by atoms with E-state index >= 15 is 0 Å². The van der Waals surface area contributed by atoms with Crippen LogP contribution in [0.1, 0.15) is 13.3 Å². The molecule has 0 aliphatic rings. The van der Waals surface area contributed by atoms with Crippen LogP contribution in [-0.4, -0.2) is 52.8 Å². The van der Waals surface area contributed by atoms with Crippen LogP contribution in [0.2, 0.25) is 32.7 Å². The minimum atomic E-state index is -6.15. The van der Waals surface area contributed by atoms with Crippen molar-refractivity contribution >= 4 is 28.6 Å². The molecule has 2 atom stereocenters. The predicted molar refractivity (Wildman–Crippen MR) is 93.2 cm³/mol. The van der Waals surface area contributed by atoms with Crippen LogP contribution in [0.5, 0.6) is 0 Å². The standard InChI is InChI=1S/C15H24F6O5Si2/c1-7-12(28(5,6)26-27(2,3)4)24-10(22)8-9-11(23)25-14(18,13(16)17)15(19,20)21/h8-9,12-13H,7H2,1-6H3/b9-8+. The van der Waals surface area contributed by atoms with E-state index in [-0.39, 0.29) is 6.08 Å². The Morgan fingerprint density at radius 1 is 0.964 bits per heavy atom. The molecule has 0 aliphatic carbocycles. The van der Waals surface area contributed by atoms with Crippen LogP contribution in [0.25, 0.3) is 0 Å². The second-order valence-electron chi connectivity index (χ2n) is 7.35. The van der Waals surface area contributed by atoms with Crippen molar-refractivity contribution in [1.82, 2.24) is 0 Å². The Labute approximate surface area is 161 Å². The van der Waals surface area contributed by atoms with E-state index in [1.165, 1.54) is 0 Å². The second-order valence-corrected chi connectivity index (χ2v) is 16.2. The largest absolute Gasteiger partial charge is 0.466 e. The first kappa shape index (κ1) is 26.7. The van der Waals surface area contributed by atoms with Gasteiger partial charge in [0, 0.05) is 12.2 Å². The van der Waals surface area contributed by atoms with Crippen molar-refractivity contribution in [3.8, 4) is 0 Å². The zero-order valence-corrected chi connectivity index (χ0v) is 18.3. The van der Waals surface area contributed by atoms with E-state index in [0.29, 0.717) is 12.5 Å². The highest BCUT2D eigenvalue weighted by Crippen LogP contribution is 2.40. The van der Waals surface area contributed by atoms with Crippen molar-refractivity contribution in [1.29, 1.82) is 0 Å². The maximum absolute atomic E-state index is 13.3. The number of rotatable bonds is 9. The molecule has 0 spiro atoms. The van der Waals surface area contributed by atoms with E-state index in [9.17, 15) is 35.9 Å². The number of hydrogen-bond donors (Lipinski definition) is 0. The molecule has 0 bridgehead atoms. The van der Waals surface area contributed by atoms with Crippen molar-refractivity contribution in [2.45, 2.75) is 70.3 Å². The van der Waals surface area contributed by atoms with Gasteiger partial charge in [-0.2, -0.15) is 17.6 Å². The number of alkyl halides is 6. The van der Waals surface area contributed by atoms with Crippen LogP contribution in [0.15, 0.2) is 12.2 Å². The van der Waals surface area contributed by atoms with Gasteiger partial charge < -0.3 is 13.6 Å². The first-order valence-corrected chi connectivity index (χ1v) is 14.6. The fourth-order valence-corrected chi connectivity index (χ4v) is 10.5. The minimum absolute atomic E-state index is 0.0887. The van der Waals surface area contributed by atoms with Crippen LogP contribution < -0.4 is 0 Å². The second kappa shape index (κ2) is 9.43. The molecular weight excluding hydrogens is 430 g/mol. The molecule has 0 saturated carbocycles. The van der Waals surface area contributed by atoms with E-state index in [1.807, 2.05) is 32.7 Å². The van der Waals surface area contributed by atoms with Gasteiger partial charge in [-0.1, -0.05) is 6.92 Å². The maximum Gasteiger partial charge on any atom is 0.466 e. The van der Waals surface area contributed by atoms with Crippen LogP contribution >= 0.6 is 0 Å². The fraction of sp³-hybridized carbons (Fsp3) is 0.733. The highest BCUT2D eigenvalue weighted by Gasteiger charge is 2.66. The molecule has 13 heteroatoms. The van der Waals surface area contributed by atoms with Crippen molar-refractivity contribution in [3.63, 3.8) is 0 Å². The molecule has 5 nitrogen and oxygen atoms in total. The average Bonchev–Trinajstić information content (AvgIpc) is 2.46. The van der Waals surface area contributed by atoms with Gasteiger partial charge in [0.2, 0.25) is 8.32 Å². The van der Waals surface area contributed by atoms with Crippen LogP contribution in [0.4, 0.5) is 26.3 Å². The SMILES string of the molecule is CCC(OC(=O)/C=C/C(=O)OC(F)(C(F)F)C(F)(F)F)[Si](C)(C)O[Si](C)(C)C. The Hall–Kier alpha value is -1.35. The summed E-state index contributed by atoms with van der Waals surface area (Å²) in [5.41, 5.74) is -0.635. The third-order valence-electron chi connectivity index (χ3n) is 3.25. The Balaban J connectivity index is 5.11. The number of halogens is 6. The summed E-state index contributed by atoms with van der Waals surface area (Å²) in [6, 6.07) is 0. The van der Waals surface area contributed by atoms with Crippen LogP contribution in [0.3, 0.4) is 0 Å². The highest BCUT2D eigenvalue weighted by atomic mass is 28.4. The summed E-state index contributed by atoms with van der Waals surface area (Å²) in [5, 5.41) is 0. The summed E-state index contributed by atoms with van der Waals surface area (Å²) in [6.45, 7) is 11.2. The molecule has 0 aromatic heterocycles. The monoisotopic (exact) mass is 454 g/mol. The van der Waals surface area contributed by atoms with Gasteiger partial charge in [-0.3, -0.25) is 0 Å². The lowest BCUT2D eigenvalue weighted by Crippen LogP contribution is -2.52. The van der Waals surface area contributed by atoms with Crippen molar-refractivity contribution in [3.05, 3.63) is 12.2 Å². The fourth-order valence-electron chi connectivity index (χ4n) is 2.29. The quantitative estimate of drug-likeness (QED) is 0.222. The Kier molecular flexibility index (Phi) is 8.98. The number of hydrogen-bond acceptors (Lipinski definition) is 5. The molecule has 0 amide bonds. The lowest BCUT2D eigenvalue weighted by Gasteiger charge is -2.36. The summed E-state index contributed by atoms with van der Waals surface area (Å²) in [4.78, 5) is 23.1. The van der Waals surface area contributed by atoms with Crippen LogP contribution in [0, 0.1) is 0 Å². The molecule has 0 rings (SSSR count). The number of esters is 2. The van der Waals surface area contributed by atoms with Gasteiger partial charge in [-0.25, -0.2) is 18.4 Å². The highest BCUT2D eigenvalue weighted by molar-refractivity contribution is 6.84. The Bertz CT molecular complexity index is 588. The van der Waals surface area contributed by atoms with Gasteiger partial charge in [-0.15, -0.1) is 0 Å². The summed E-state index contributed by atoms with van der Waals surface area (Å²) < 4.78 is 89.4. The van der Waals surface area contributed by atoms with E-state index in [0.717, 1.165) is 0 Å². The molecule has 0 N–H and O–H groups in total. The van der Waals surface area contributed by atoms with E-state index in [2.05, 4.69) is 4.74 Å². The van der Waals surface area contributed by atoms with Crippen molar-refractivity contribution in [2.75, 3.05) is 0 Å². The molecule has 0 aromatic rings. The lowest BCUT2D eigenvalue weighted by molar-refractivity contribution is -0.354. The molecule has 2 unspecified atom stereocenters. The Morgan fingerprint density at radius 3 is 1.79 bits per heavy atom. The number of ether oxygens (including phenoxy) is 2. The topological polar surface area (TPSA) is 61.8 Å². The lowest BCUT2D eigenvalue weighted by atomic mass is 10.3. The summed E-state index contributed by atoms with van der Waals surface area (Å²) in [7, 11) is -4.46. The normalized spacial score (nSPS) is 16.8.